The average Bonchev–Trinajstić information content (AvgIpc) is 2.75. The minimum absolute atomic E-state index is 0.0208. The Balaban J connectivity index is 2.56. The van der Waals surface area contributed by atoms with E-state index in [2.05, 4.69) is 5.32 Å². The highest BCUT2D eigenvalue weighted by Gasteiger charge is 2.33. The molecule has 2 amide bonds. The Kier molecular flexibility index (Phi) is 9.56. The molecule has 1 atom stereocenters. The van der Waals surface area contributed by atoms with Gasteiger partial charge in [-0.15, -0.1) is 0 Å². The van der Waals surface area contributed by atoms with Crippen LogP contribution in [0, 0.1) is 17.0 Å². The standard InChI is InChI=1S/C24H30Cl2N4O6S/c1-15-10-11-17(30(33)34)12-21(15)29(37(6,35)36)14-22(31)28(16(2)23(32)27-24(3,4)5)13-18-19(25)8-7-9-20(18)26/h7-12,16H,13-14H2,1-6H3,(H,27,32)/t16-/m0/s1. The molecule has 0 aliphatic carbocycles. The quantitative estimate of drug-likeness (QED) is 0.352. The molecule has 1 N–H and O–H groups in total. The molecule has 13 heteroatoms. The summed E-state index contributed by atoms with van der Waals surface area (Å²) >= 11 is 12.6. The molecule has 0 unspecified atom stereocenters. The maximum Gasteiger partial charge on any atom is 0.271 e. The molecule has 0 saturated carbocycles. The highest BCUT2D eigenvalue weighted by molar-refractivity contribution is 7.92. The lowest BCUT2D eigenvalue weighted by molar-refractivity contribution is -0.384. The highest BCUT2D eigenvalue weighted by atomic mass is 35.5. The minimum atomic E-state index is -4.06. The lowest BCUT2D eigenvalue weighted by Gasteiger charge is -2.33. The van der Waals surface area contributed by atoms with Gasteiger partial charge in [0.05, 0.1) is 16.9 Å². The first-order valence-electron chi connectivity index (χ1n) is 11.2. The minimum Gasteiger partial charge on any atom is -0.350 e. The molecular weight excluding hydrogens is 543 g/mol. The molecule has 0 bridgehead atoms. The van der Waals surface area contributed by atoms with Crippen LogP contribution in [0.3, 0.4) is 0 Å². The number of carbonyl (C=O) groups excluding carboxylic acids is 2. The smallest absolute Gasteiger partial charge is 0.271 e. The number of hydrogen-bond donors (Lipinski definition) is 1. The molecule has 2 aromatic rings. The molecular formula is C24H30Cl2N4O6S. The number of nitrogens with one attached hydrogen (secondary N) is 1. The molecule has 0 heterocycles. The van der Waals surface area contributed by atoms with Crippen molar-refractivity contribution in [3.05, 3.63) is 67.7 Å². The van der Waals surface area contributed by atoms with E-state index >= 15 is 0 Å². The summed E-state index contributed by atoms with van der Waals surface area (Å²) in [5.41, 5.74) is -0.164. The van der Waals surface area contributed by atoms with Crippen molar-refractivity contribution in [3.63, 3.8) is 0 Å². The molecule has 0 saturated heterocycles. The van der Waals surface area contributed by atoms with E-state index in [9.17, 15) is 28.1 Å². The fourth-order valence-electron chi connectivity index (χ4n) is 3.49. The van der Waals surface area contributed by atoms with Gasteiger partial charge < -0.3 is 10.2 Å². The third-order valence-electron chi connectivity index (χ3n) is 5.41. The number of halogens is 2. The third kappa shape index (κ3) is 8.05. The molecule has 2 aromatic carbocycles. The maximum atomic E-state index is 13.7. The van der Waals surface area contributed by atoms with Crippen LogP contribution in [-0.2, 0) is 26.2 Å². The van der Waals surface area contributed by atoms with Gasteiger partial charge in [-0.25, -0.2) is 8.42 Å². The summed E-state index contributed by atoms with van der Waals surface area (Å²) < 4.78 is 26.3. The van der Waals surface area contributed by atoms with Crippen LogP contribution >= 0.6 is 23.2 Å². The number of benzene rings is 2. The predicted octanol–water partition coefficient (Wildman–Crippen LogP) is 4.31. The molecule has 0 fully saturated rings. The van der Waals surface area contributed by atoms with Gasteiger partial charge in [0.15, 0.2) is 0 Å². The fraction of sp³-hybridized carbons (Fsp3) is 0.417. The van der Waals surface area contributed by atoms with E-state index in [1.54, 1.807) is 45.9 Å². The Morgan fingerprint density at radius 3 is 2.19 bits per heavy atom. The van der Waals surface area contributed by atoms with Gasteiger partial charge in [-0.3, -0.25) is 24.0 Å². The molecule has 0 aliphatic heterocycles. The fourth-order valence-corrected chi connectivity index (χ4v) is 4.90. The van der Waals surface area contributed by atoms with Crippen molar-refractivity contribution in [3.8, 4) is 0 Å². The lowest BCUT2D eigenvalue weighted by Crippen LogP contribution is -2.54. The average molecular weight is 573 g/mol. The Bertz CT molecular complexity index is 1290. The first-order chi connectivity index (χ1) is 16.9. The monoisotopic (exact) mass is 572 g/mol. The number of anilines is 1. The molecule has 0 aromatic heterocycles. The summed E-state index contributed by atoms with van der Waals surface area (Å²) in [7, 11) is -4.06. The molecule has 2 rings (SSSR count). The normalized spacial score (nSPS) is 12.5. The van der Waals surface area contributed by atoms with Gasteiger partial charge in [0.25, 0.3) is 5.69 Å². The van der Waals surface area contributed by atoms with Crippen LogP contribution < -0.4 is 9.62 Å². The Morgan fingerprint density at radius 2 is 1.70 bits per heavy atom. The van der Waals surface area contributed by atoms with Crippen LogP contribution in [0.5, 0.6) is 0 Å². The van der Waals surface area contributed by atoms with Crippen molar-refractivity contribution in [2.45, 2.75) is 52.7 Å². The number of carbonyl (C=O) groups is 2. The van der Waals surface area contributed by atoms with Crippen molar-refractivity contribution in [1.29, 1.82) is 0 Å². The molecule has 37 heavy (non-hydrogen) atoms. The summed E-state index contributed by atoms with van der Waals surface area (Å²) in [5, 5.41) is 14.6. The van der Waals surface area contributed by atoms with Gasteiger partial charge in [-0.2, -0.15) is 0 Å². The summed E-state index contributed by atoms with van der Waals surface area (Å²) in [5.74, 6) is -1.20. The Morgan fingerprint density at radius 1 is 1.14 bits per heavy atom. The van der Waals surface area contributed by atoms with E-state index in [0.717, 1.165) is 16.6 Å². The number of nitro benzene ring substituents is 1. The topological polar surface area (TPSA) is 130 Å². The number of nitro groups is 1. The number of amides is 2. The number of hydrogen-bond acceptors (Lipinski definition) is 6. The number of non-ortho nitro benzene ring substituents is 1. The van der Waals surface area contributed by atoms with Crippen LogP contribution in [0.4, 0.5) is 11.4 Å². The molecule has 0 radical (unpaired) electrons. The number of rotatable bonds is 9. The zero-order valence-electron chi connectivity index (χ0n) is 21.4. The van der Waals surface area contributed by atoms with Gasteiger partial charge in [0, 0.05) is 39.8 Å². The Hall–Kier alpha value is -2.89. The molecule has 202 valence electrons. The van der Waals surface area contributed by atoms with E-state index in [-0.39, 0.29) is 28.0 Å². The summed E-state index contributed by atoms with van der Waals surface area (Å²) in [4.78, 5) is 38.5. The number of aryl methyl sites for hydroxylation is 1. The first kappa shape index (κ1) is 30.3. The zero-order valence-corrected chi connectivity index (χ0v) is 23.7. The van der Waals surface area contributed by atoms with Gasteiger partial charge in [0.2, 0.25) is 21.8 Å². The molecule has 10 nitrogen and oxygen atoms in total. The van der Waals surface area contributed by atoms with E-state index in [0.29, 0.717) is 11.1 Å². The van der Waals surface area contributed by atoms with Crippen LogP contribution in [0.1, 0.15) is 38.8 Å². The SMILES string of the molecule is Cc1ccc([N+](=O)[O-])cc1N(CC(=O)N(Cc1c(Cl)cccc1Cl)[C@@H](C)C(=O)NC(C)(C)C)S(C)(=O)=O. The van der Waals surface area contributed by atoms with Gasteiger partial charge in [-0.05, 0) is 52.3 Å². The third-order valence-corrected chi connectivity index (χ3v) is 7.24. The van der Waals surface area contributed by atoms with E-state index in [1.165, 1.54) is 24.0 Å². The lowest BCUT2D eigenvalue weighted by atomic mass is 10.1. The highest BCUT2D eigenvalue weighted by Crippen LogP contribution is 2.29. The van der Waals surface area contributed by atoms with Crippen LogP contribution in [0.15, 0.2) is 36.4 Å². The van der Waals surface area contributed by atoms with Crippen molar-refractivity contribution in [2.24, 2.45) is 0 Å². The second-order valence-corrected chi connectivity index (χ2v) is 12.4. The van der Waals surface area contributed by atoms with Crippen molar-refractivity contribution in [2.75, 3.05) is 17.1 Å². The van der Waals surface area contributed by atoms with Gasteiger partial charge >= 0.3 is 0 Å². The molecule has 0 aliphatic rings. The number of nitrogens with zero attached hydrogens (tertiary/aromatic N) is 3. The van der Waals surface area contributed by atoms with Gasteiger partial charge in [0.1, 0.15) is 12.6 Å². The van der Waals surface area contributed by atoms with Crippen molar-refractivity contribution in [1.82, 2.24) is 10.2 Å². The summed E-state index contributed by atoms with van der Waals surface area (Å²) in [6, 6.07) is 7.50. The second kappa shape index (κ2) is 11.7. The largest absolute Gasteiger partial charge is 0.350 e. The first-order valence-corrected chi connectivity index (χ1v) is 13.8. The van der Waals surface area contributed by atoms with Crippen LogP contribution in [-0.4, -0.2) is 54.4 Å². The van der Waals surface area contributed by atoms with Crippen molar-refractivity contribution < 1.29 is 22.9 Å². The van der Waals surface area contributed by atoms with Crippen LogP contribution in [0.2, 0.25) is 10.0 Å². The number of sulfonamides is 1. The predicted molar refractivity (Wildman–Crippen MR) is 144 cm³/mol. The zero-order chi connectivity index (χ0) is 28.3. The van der Waals surface area contributed by atoms with Gasteiger partial charge in [-0.1, -0.05) is 35.3 Å². The van der Waals surface area contributed by atoms with Crippen molar-refractivity contribution >= 4 is 56.4 Å². The van der Waals surface area contributed by atoms with E-state index < -0.39 is 44.9 Å². The second-order valence-electron chi connectivity index (χ2n) is 9.63. The Labute approximate surface area is 226 Å². The molecule has 0 spiro atoms. The van der Waals surface area contributed by atoms with E-state index in [1.807, 2.05) is 0 Å². The van der Waals surface area contributed by atoms with E-state index in [4.69, 9.17) is 23.2 Å². The maximum absolute atomic E-state index is 13.7. The summed E-state index contributed by atoms with van der Waals surface area (Å²) in [6.45, 7) is 7.54. The summed E-state index contributed by atoms with van der Waals surface area (Å²) in [6.07, 6.45) is 0.892. The van der Waals surface area contributed by atoms with Crippen LogP contribution in [0.25, 0.3) is 0 Å².